The molecule has 0 fully saturated rings. The van der Waals surface area contributed by atoms with Crippen molar-refractivity contribution in [1.29, 1.82) is 0 Å². The van der Waals surface area contributed by atoms with Crippen LogP contribution in [-0.2, 0) is 0 Å². The predicted molar refractivity (Wildman–Crippen MR) is 115 cm³/mol. The molecule has 27 heavy (non-hydrogen) atoms. The highest BCUT2D eigenvalue weighted by Crippen LogP contribution is 2.32. The van der Waals surface area contributed by atoms with Gasteiger partial charge in [-0.3, -0.25) is 0 Å². The van der Waals surface area contributed by atoms with Crippen LogP contribution in [0.2, 0.25) is 0 Å². The summed E-state index contributed by atoms with van der Waals surface area (Å²) in [6.45, 7) is 2.21. The van der Waals surface area contributed by atoms with E-state index in [-0.39, 0.29) is 0 Å². The Bertz CT molecular complexity index is 951. The molecule has 2 nitrogen and oxygen atoms in total. The van der Waals surface area contributed by atoms with Gasteiger partial charge in [0.25, 0.3) is 0 Å². The fourth-order valence-electron chi connectivity index (χ4n) is 3.60. The number of hydrogen-bond acceptors (Lipinski definition) is 2. The van der Waals surface area contributed by atoms with Crippen molar-refractivity contribution in [3.63, 3.8) is 0 Å². The molecule has 3 aromatic carbocycles. The van der Waals surface area contributed by atoms with E-state index in [0.717, 1.165) is 17.1 Å². The van der Waals surface area contributed by atoms with Gasteiger partial charge < -0.3 is 11.1 Å². The van der Waals surface area contributed by atoms with E-state index in [9.17, 15) is 0 Å². The van der Waals surface area contributed by atoms with Crippen molar-refractivity contribution in [2.24, 2.45) is 11.7 Å². The Morgan fingerprint density at radius 3 is 1.96 bits per heavy atom. The van der Waals surface area contributed by atoms with Crippen LogP contribution >= 0.6 is 0 Å². The van der Waals surface area contributed by atoms with Crippen LogP contribution in [0.5, 0.6) is 0 Å². The number of hydrogen-bond donors (Lipinski definition) is 2. The Morgan fingerprint density at radius 1 is 0.741 bits per heavy atom. The Balaban J connectivity index is 1.45. The Kier molecular flexibility index (Phi) is 4.80. The third-order valence-electron chi connectivity index (χ3n) is 5.09. The molecule has 0 aromatic heterocycles. The van der Waals surface area contributed by atoms with Gasteiger partial charge in [-0.2, -0.15) is 0 Å². The molecule has 134 valence electrons. The van der Waals surface area contributed by atoms with Crippen LogP contribution in [0.1, 0.15) is 18.4 Å². The van der Waals surface area contributed by atoms with Crippen LogP contribution in [-0.4, -0.2) is 0 Å². The monoisotopic (exact) mass is 352 g/mol. The molecule has 2 unspecified atom stereocenters. The van der Waals surface area contributed by atoms with Gasteiger partial charge in [0, 0.05) is 23.0 Å². The summed E-state index contributed by atoms with van der Waals surface area (Å²) in [6.07, 6.45) is 6.33. The van der Waals surface area contributed by atoms with Gasteiger partial charge in [-0.1, -0.05) is 73.7 Å². The standard InChI is InChI=1S/C25H24N2/c1-18-17-22(26)11-16-25(18)21-9-14-24(15-10-21)27-23-12-7-20(8-13-23)19-5-3-2-4-6-19/h2-18,25,27H,26H2,1H3. The second kappa shape index (κ2) is 7.55. The molecule has 4 rings (SSSR count). The highest BCUT2D eigenvalue weighted by Gasteiger charge is 2.17. The van der Waals surface area contributed by atoms with E-state index in [0.29, 0.717) is 11.8 Å². The lowest BCUT2D eigenvalue weighted by Gasteiger charge is -2.22. The van der Waals surface area contributed by atoms with Gasteiger partial charge in [0.2, 0.25) is 0 Å². The maximum Gasteiger partial charge on any atom is 0.0384 e. The molecule has 0 saturated heterocycles. The van der Waals surface area contributed by atoms with Gasteiger partial charge in [0.1, 0.15) is 0 Å². The van der Waals surface area contributed by atoms with E-state index in [4.69, 9.17) is 5.73 Å². The molecule has 0 saturated carbocycles. The molecule has 1 aliphatic rings. The molecule has 3 N–H and O–H groups in total. The molecular formula is C25H24N2. The molecule has 0 bridgehead atoms. The fraction of sp³-hybridized carbons (Fsp3) is 0.120. The quantitative estimate of drug-likeness (QED) is 0.584. The molecule has 0 radical (unpaired) electrons. The zero-order valence-corrected chi connectivity index (χ0v) is 15.5. The minimum absolute atomic E-state index is 0.386. The van der Waals surface area contributed by atoms with Crippen molar-refractivity contribution in [3.05, 3.63) is 108 Å². The molecule has 0 spiro atoms. The van der Waals surface area contributed by atoms with E-state index in [1.165, 1.54) is 16.7 Å². The molecular weight excluding hydrogens is 328 g/mol. The zero-order valence-electron chi connectivity index (χ0n) is 15.5. The molecule has 0 heterocycles. The maximum atomic E-state index is 5.89. The average molecular weight is 352 g/mol. The number of nitrogens with two attached hydrogens (primary N) is 1. The van der Waals surface area contributed by atoms with Crippen molar-refractivity contribution in [2.45, 2.75) is 12.8 Å². The highest BCUT2D eigenvalue weighted by atomic mass is 14.9. The van der Waals surface area contributed by atoms with Crippen LogP contribution in [0.3, 0.4) is 0 Å². The summed E-state index contributed by atoms with van der Waals surface area (Å²) in [4.78, 5) is 0. The minimum Gasteiger partial charge on any atom is -0.399 e. The normalized spacial score (nSPS) is 18.8. The first-order valence-electron chi connectivity index (χ1n) is 9.37. The number of nitrogens with one attached hydrogen (secondary N) is 1. The zero-order chi connectivity index (χ0) is 18.6. The Morgan fingerprint density at radius 2 is 1.33 bits per heavy atom. The first kappa shape index (κ1) is 17.2. The van der Waals surface area contributed by atoms with Crippen molar-refractivity contribution in [1.82, 2.24) is 0 Å². The van der Waals surface area contributed by atoms with Crippen molar-refractivity contribution >= 4 is 11.4 Å². The number of allylic oxidation sites excluding steroid dienone is 3. The predicted octanol–water partition coefficient (Wildman–Crippen LogP) is 6.23. The summed E-state index contributed by atoms with van der Waals surface area (Å²) in [5.74, 6) is 0.802. The summed E-state index contributed by atoms with van der Waals surface area (Å²) in [5.41, 5.74) is 12.7. The van der Waals surface area contributed by atoms with Crippen LogP contribution in [0.15, 0.2) is 103 Å². The lowest BCUT2D eigenvalue weighted by Crippen LogP contribution is -2.12. The van der Waals surface area contributed by atoms with E-state index in [1.54, 1.807) is 0 Å². The molecule has 2 atom stereocenters. The summed E-state index contributed by atoms with van der Waals surface area (Å²) in [6, 6.07) is 27.6. The van der Waals surface area contributed by atoms with E-state index in [1.807, 2.05) is 12.1 Å². The lowest BCUT2D eigenvalue weighted by molar-refractivity contribution is 0.629. The van der Waals surface area contributed by atoms with Gasteiger partial charge in [0.05, 0.1) is 0 Å². The molecule has 0 amide bonds. The summed E-state index contributed by atoms with van der Waals surface area (Å²) in [7, 11) is 0. The highest BCUT2D eigenvalue weighted by molar-refractivity contribution is 5.68. The second-order valence-electron chi connectivity index (χ2n) is 7.10. The van der Waals surface area contributed by atoms with E-state index >= 15 is 0 Å². The largest absolute Gasteiger partial charge is 0.399 e. The van der Waals surface area contributed by atoms with Crippen molar-refractivity contribution < 1.29 is 0 Å². The SMILES string of the molecule is CC1C=C(N)C=CC1c1ccc(Nc2ccc(-c3ccccc3)cc2)cc1. The van der Waals surface area contributed by atoms with Gasteiger partial charge in [-0.15, -0.1) is 0 Å². The third-order valence-corrected chi connectivity index (χ3v) is 5.09. The summed E-state index contributed by atoms with van der Waals surface area (Å²) in [5, 5.41) is 3.48. The van der Waals surface area contributed by atoms with Crippen molar-refractivity contribution in [3.8, 4) is 11.1 Å². The van der Waals surface area contributed by atoms with E-state index < -0.39 is 0 Å². The smallest absolute Gasteiger partial charge is 0.0384 e. The molecule has 0 aliphatic heterocycles. The van der Waals surface area contributed by atoms with Crippen LogP contribution < -0.4 is 11.1 Å². The second-order valence-corrected chi connectivity index (χ2v) is 7.10. The van der Waals surface area contributed by atoms with E-state index in [2.05, 4.69) is 97.2 Å². The number of rotatable bonds is 4. The fourth-order valence-corrected chi connectivity index (χ4v) is 3.60. The Hall–Kier alpha value is -3.26. The summed E-state index contributed by atoms with van der Waals surface area (Å²) < 4.78 is 0. The number of benzene rings is 3. The lowest BCUT2D eigenvalue weighted by atomic mass is 9.83. The molecule has 2 heteroatoms. The topological polar surface area (TPSA) is 38.0 Å². The summed E-state index contributed by atoms with van der Waals surface area (Å²) >= 11 is 0. The van der Waals surface area contributed by atoms with Crippen LogP contribution in [0, 0.1) is 5.92 Å². The maximum absolute atomic E-state index is 5.89. The van der Waals surface area contributed by atoms with Gasteiger partial charge >= 0.3 is 0 Å². The number of anilines is 2. The molecule has 3 aromatic rings. The van der Waals surface area contributed by atoms with Gasteiger partial charge in [-0.05, 0) is 52.9 Å². The molecule has 1 aliphatic carbocycles. The van der Waals surface area contributed by atoms with Crippen molar-refractivity contribution in [2.75, 3.05) is 5.32 Å². The average Bonchev–Trinajstić information content (AvgIpc) is 2.70. The Labute approximate surface area is 161 Å². The third kappa shape index (κ3) is 3.95. The van der Waals surface area contributed by atoms with Gasteiger partial charge in [0.15, 0.2) is 0 Å². The van der Waals surface area contributed by atoms with Crippen LogP contribution in [0.25, 0.3) is 11.1 Å². The van der Waals surface area contributed by atoms with Gasteiger partial charge in [-0.25, -0.2) is 0 Å². The first-order chi connectivity index (χ1) is 13.2. The first-order valence-corrected chi connectivity index (χ1v) is 9.37. The van der Waals surface area contributed by atoms with Crippen LogP contribution in [0.4, 0.5) is 11.4 Å². The minimum atomic E-state index is 0.386.